The lowest BCUT2D eigenvalue weighted by Crippen LogP contribution is -2.40. The van der Waals surface area contributed by atoms with E-state index in [0.717, 1.165) is 37.0 Å². The van der Waals surface area contributed by atoms with Crippen LogP contribution in [0.5, 0.6) is 5.75 Å². The number of aromatic nitrogens is 1. The van der Waals surface area contributed by atoms with Gasteiger partial charge < -0.3 is 9.64 Å². The van der Waals surface area contributed by atoms with Crippen molar-refractivity contribution in [2.45, 2.75) is 38.1 Å². The van der Waals surface area contributed by atoms with Crippen molar-refractivity contribution < 1.29 is 9.53 Å². The number of nitrogens with zero attached hydrogens (tertiary/aromatic N) is 2. The summed E-state index contributed by atoms with van der Waals surface area (Å²) in [6, 6.07) is 12.6. The number of pyridine rings is 1. The molecule has 0 bridgehead atoms. The van der Waals surface area contributed by atoms with Crippen LogP contribution in [0.2, 0.25) is 0 Å². The Morgan fingerprint density at radius 2 is 1.81 bits per heavy atom. The van der Waals surface area contributed by atoms with Crippen molar-refractivity contribution in [2.24, 2.45) is 0 Å². The number of carbonyl (C=O) groups is 1. The van der Waals surface area contributed by atoms with Crippen LogP contribution >= 0.6 is 0 Å². The molecule has 0 spiro atoms. The molecule has 1 saturated carbocycles. The van der Waals surface area contributed by atoms with Gasteiger partial charge >= 0.3 is 0 Å². The summed E-state index contributed by atoms with van der Waals surface area (Å²) in [5.74, 6) is 0.613. The first-order valence-corrected chi connectivity index (χ1v) is 9.41. The molecule has 142 valence electrons. The minimum Gasteiger partial charge on any atom is -0.497 e. The summed E-state index contributed by atoms with van der Waals surface area (Å²) in [4.78, 5) is 27.5. The molecule has 1 fully saturated rings. The van der Waals surface area contributed by atoms with Gasteiger partial charge in [0.2, 0.25) is 0 Å². The molecule has 27 heavy (non-hydrogen) atoms. The number of likely N-dealkylation sites (N-methyl/N-ethyl adjacent to an activating group) is 1. The Morgan fingerprint density at radius 3 is 2.44 bits per heavy atom. The first-order chi connectivity index (χ1) is 13.1. The van der Waals surface area contributed by atoms with E-state index in [2.05, 4.69) is 0 Å². The quantitative estimate of drug-likeness (QED) is 0.759. The minimum absolute atomic E-state index is 0.133. The molecule has 0 aliphatic heterocycles. The van der Waals surface area contributed by atoms with Crippen molar-refractivity contribution in [3.63, 3.8) is 0 Å². The summed E-state index contributed by atoms with van der Waals surface area (Å²) in [5, 5.41) is 0. The molecule has 1 aromatic carbocycles. The fourth-order valence-electron chi connectivity index (χ4n) is 3.53. The highest BCUT2D eigenvalue weighted by Gasteiger charge is 2.25. The molecule has 0 saturated heterocycles. The van der Waals surface area contributed by atoms with Crippen molar-refractivity contribution >= 4 is 17.7 Å². The lowest BCUT2D eigenvalue weighted by atomic mass is 9.94. The lowest BCUT2D eigenvalue weighted by molar-refractivity contribution is -0.126. The van der Waals surface area contributed by atoms with E-state index in [4.69, 9.17) is 4.74 Å². The van der Waals surface area contributed by atoms with Crippen LogP contribution in [-0.2, 0) is 4.79 Å². The van der Waals surface area contributed by atoms with Crippen LogP contribution in [0.25, 0.3) is 11.8 Å². The molecular weight excluding hydrogens is 340 g/mol. The molecule has 2 aromatic rings. The van der Waals surface area contributed by atoms with Crippen molar-refractivity contribution in [1.82, 2.24) is 9.47 Å². The van der Waals surface area contributed by atoms with E-state index in [9.17, 15) is 9.59 Å². The zero-order chi connectivity index (χ0) is 19.2. The van der Waals surface area contributed by atoms with Crippen molar-refractivity contribution in [1.29, 1.82) is 0 Å². The molecule has 5 heteroatoms. The topological polar surface area (TPSA) is 51.5 Å². The highest BCUT2D eigenvalue weighted by molar-refractivity contribution is 6.18. The summed E-state index contributed by atoms with van der Waals surface area (Å²) in [7, 11) is 3.45. The average Bonchev–Trinajstić information content (AvgIpc) is 2.72. The molecule has 5 nitrogen and oxygen atoms in total. The van der Waals surface area contributed by atoms with Gasteiger partial charge in [0.1, 0.15) is 11.4 Å². The van der Waals surface area contributed by atoms with E-state index in [0.29, 0.717) is 5.70 Å². The molecule has 1 aliphatic carbocycles. The smallest absolute Gasteiger partial charge is 0.270 e. The molecule has 0 N–H and O–H groups in total. The first kappa shape index (κ1) is 19.0. The highest BCUT2D eigenvalue weighted by atomic mass is 16.5. The molecule has 0 unspecified atom stereocenters. The van der Waals surface area contributed by atoms with Crippen LogP contribution in [0.4, 0.5) is 0 Å². The third kappa shape index (κ3) is 4.48. The van der Waals surface area contributed by atoms with E-state index in [1.807, 2.05) is 31.3 Å². The summed E-state index contributed by atoms with van der Waals surface area (Å²) in [6.45, 7) is 0. The first-order valence-electron chi connectivity index (χ1n) is 9.41. The largest absolute Gasteiger partial charge is 0.497 e. The fraction of sp³-hybridized carbons (Fsp3) is 0.364. The van der Waals surface area contributed by atoms with E-state index in [-0.39, 0.29) is 17.5 Å². The van der Waals surface area contributed by atoms with Gasteiger partial charge in [0.05, 0.1) is 7.11 Å². The van der Waals surface area contributed by atoms with Crippen molar-refractivity contribution in [3.05, 3.63) is 64.6 Å². The Bertz CT molecular complexity index is 862. The van der Waals surface area contributed by atoms with Crippen molar-refractivity contribution in [3.8, 4) is 5.75 Å². The molecule has 3 rings (SSSR count). The van der Waals surface area contributed by atoms with Gasteiger partial charge in [-0.25, -0.2) is 0 Å². The standard InChI is InChI=1S/C22H26N2O3/c1-23(18-8-4-3-5-9-18)22(26)20(24-15-7-6-10-21(24)25)16-17-11-13-19(27-2)14-12-17/h6-7,10-16,18H,3-5,8-9H2,1-2H3. The second-order valence-corrected chi connectivity index (χ2v) is 6.92. The van der Waals surface area contributed by atoms with Gasteiger partial charge in [-0.05, 0) is 42.7 Å². The van der Waals surface area contributed by atoms with Crippen LogP contribution in [0.1, 0.15) is 37.7 Å². The van der Waals surface area contributed by atoms with E-state index in [1.54, 1.807) is 36.4 Å². The summed E-state index contributed by atoms with van der Waals surface area (Å²) in [6.07, 6.45) is 8.96. The second kappa shape index (κ2) is 8.71. The number of hydrogen-bond acceptors (Lipinski definition) is 3. The van der Waals surface area contributed by atoms with Crippen LogP contribution in [0, 0.1) is 0 Å². The zero-order valence-corrected chi connectivity index (χ0v) is 15.9. The number of benzene rings is 1. The SMILES string of the molecule is COc1ccc(C=C(C(=O)N(C)C2CCCCC2)n2ccccc2=O)cc1. The Kier molecular flexibility index (Phi) is 6.12. The number of hydrogen-bond donors (Lipinski definition) is 0. The molecule has 1 heterocycles. The minimum atomic E-state index is -0.220. The maximum absolute atomic E-state index is 13.3. The summed E-state index contributed by atoms with van der Waals surface area (Å²) in [5.41, 5.74) is 0.980. The Hall–Kier alpha value is -2.82. The Labute approximate surface area is 159 Å². The third-order valence-corrected chi connectivity index (χ3v) is 5.16. The predicted octanol–water partition coefficient (Wildman–Crippen LogP) is 3.65. The van der Waals surface area contributed by atoms with Crippen LogP contribution in [0.3, 0.4) is 0 Å². The highest BCUT2D eigenvalue weighted by Crippen LogP contribution is 2.24. The van der Waals surface area contributed by atoms with Crippen LogP contribution in [-0.4, -0.2) is 35.6 Å². The van der Waals surface area contributed by atoms with Crippen LogP contribution < -0.4 is 10.3 Å². The van der Waals surface area contributed by atoms with Gasteiger partial charge in [0.25, 0.3) is 11.5 Å². The van der Waals surface area contributed by atoms with E-state index < -0.39 is 0 Å². The van der Waals surface area contributed by atoms with Gasteiger partial charge in [0, 0.05) is 25.4 Å². The van der Waals surface area contributed by atoms with Gasteiger partial charge in [0.15, 0.2) is 0 Å². The predicted molar refractivity (Wildman–Crippen MR) is 108 cm³/mol. The normalized spacial score (nSPS) is 15.4. The molecule has 0 radical (unpaired) electrons. The number of methoxy groups -OCH3 is 1. The van der Waals surface area contributed by atoms with Gasteiger partial charge in [-0.3, -0.25) is 14.2 Å². The van der Waals surface area contributed by atoms with Gasteiger partial charge in [-0.1, -0.05) is 37.5 Å². The third-order valence-electron chi connectivity index (χ3n) is 5.16. The fourth-order valence-corrected chi connectivity index (χ4v) is 3.53. The molecule has 1 aliphatic rings. The Balaban J connectivity index is 1.98. The zero-order valence-electron chi connectivity index (χ0n) is 15.9. The summed E-state index contributed by atoms with van der Waals surface area (Å²) >= 11 is 0. The maximum Gasteiger partial charge on any atom is 0.270 e. The van der Waals surface area contributed by atoms with Crippen LogP contribution in [0.15, 0.2) is 53.5 Å². The number of rotatable bonds is 5. The molecule has 0 atom stereocenters. The lowest BCUT2D eigenvalue weighted by Gasteiger charge is -2.32. The molecule has 1 aromatic heterocycles. The second-order valence-electron chi connectivity index (χ2n) is 6.92. The van der Waals surface area contributed by atoms with Gasteiger partial charge in [-0.2, -0.15) is 0 Å². The monoisotopic (exact) mass is 366 g/mol. The molecular formula is C22H26N2O3. The van der Waals surface area contributed by atoms with Crippen molar-refractivity contribution in [2.75, 3.05) is 14.2 Å². The van der Waals surface area contributed by atoms with Gasteiger partial charge in [-0.15, -0.1) is 0 Å². The average molecular weight is 366 g/mol. The number of carbonyl (C=O) groups excluding carboxylic acids is 1. The number of amides is 1. The number of ether oxygens (including phenoxy) is 1. The maximum atomic E-state index is 13.3. The summed E-state index contributed by atoms with van der Waals surface area (Å²) < 4.78 is 6.61. The molecule has 1 amide bonds. The van der Waals surface area contributed by atoms with E-state index >= 15 is 0 Å². The van der Waals surface area contributed by atoms with E-state index in [1.165, 1.54) is 17.1 Å². The Morgan fingerprint density at radius 1 is 1.11 bits per heavy atom.